The van der Waals surface area contributed by atoms with Crippen LogP contribution in [-0.2, 0) is 4.79 Å². The number of hydrogen-bond acceptors (Lipinski definition) is 2. The maximum absolute atomic E-state index is 11.4. The van der Waals surface area contributed by atoms with E-state index in [0.29, 0.717) is 6.54 Å². The molecule has 0 aromatic rings. The molecule has 0 rings (SSSR count). The molecule has 0 atom stereocenters. The van der Waals surface area contributed by atoms with E-state index in [4.69, 9.17) is 0 Å². The van der Waals surface area contributed by atoms with Gasteiger partial charge in [-0.1, -0.05) is 65.2 Å². The Morgan fingerprint density at radius 1 is 0.737 bits per heavy atom. The molecular weight excluding hydrogens is 236 g/mol. The molecule has 0 aromatic carbocycles. The molecule has 2 N–H and O–H groups in total. The fourth-order valence-corrected chi connectivity index (χ4v) is 2.05. The molecule has 0 fully saturated rings. The highest BCUT2D eigenvalue weighted by atomic mass is 16.1. The molecule has 0 unspecified atom stereocenters. The maximum Gasteiger partial charge on any atom is 0.233 e. The molecule has 114 valence electrons. The first-order chi connectivity index (χ1) is 9.31. The zero-order valence-corrected chi connectivity index (χ0v) is 13.1. The van der Waals surface area contributed by atoms with Crippen molar-refractivity contribution in [1.82, 2.24) is 10.6 Å². The monoisotopic (exact) mass is 270 g/mol. The zero-order chi connectivity index (χ0) is 14.2. The van der Waals surface area contributed by atoms with E-state index in [2.05, 4.69) is 24.5 Å². The molecular formula is C16H34N2O. The van der Waals surface area contributed by atoms with Crippen LogP contribution < -0.4 is 10.6 Å². The van der Waals surface area contributed by atoms with Gasteiger partial charge in [0.1, 0.15) is 0 Å². The summed E-state index contributed by atoms with van der Waals surface area (Å²) in [6.07, 6.45) is 12.9. The fourth-order valence-electron chi connectivity index (χ4n) is 2.05. The average Bonchev–Trinajstić information content (AvgIpc) is 2.41. The van der Waals surface area contributed by atoms with Gasteiger partial charge in [-0.05, 0) is 19.4 Å². The third kappa shape index (κ3) is 15.4. The van der Waals surface area contributed by atoms with Gasteiger partial charge in [-0.15, -0.1) is 0 Å². The summed E-state index contributed by atoms with van der Waals surface area (Å²) in [6.45, 7) is 6.64. The van der Waals surface area contributed by atoms with Gasteiger partial charge in [-0.25, -0.2) is 0 Å². The van der Waals surface area contributed by atoms with Crippen LogP contribution in [0.2, 0.25) is 0 Å². The van der Waals surface area contributed by atoms with Crippen molar-refractivity contribution in [2.75, 3.05) is 19.6 Å². The molecule has 0 bridgehead atoms. The number of amides is 1. The minimum atomic E-state index is 0.132. The number of unbranched alkanes of at least 4 members (excludes halogenated alkanes) is 8. The van der Waals surface area contributed by atoms with Gasteiger partial charge in [0.25, 0.3) is 0 Å². The summed E-state index contributed by atoms with van der Waals surface area (Å²) in [7, 11) is 0. The Hall–Kier alpha value is -0.570. The van der Waals surface area contributed by atoms with Gasteiger partial charge in [0.15, 0.2) is 0 Å². The largest absolute Gasteiger partial charge is 0.355 e. The smallest absolute Gasteiger partial charge is 0.233 e. The summed E-state index contributed by atoms with van der Waals surface area (Å²) < 4.78 is 0. The molecule has 0 aromatic heterocycles. The maximum atomic E-state index is 11.4. The van der Waals surface area contributed by atoms with Crippen LogP contribution in [0.1, 0.15) is 78.1 Å². The summed E-state index contributed by atoms with van der Waals surface area (Å²) in [5.41, 5.74) is 0. The van der Waals surface area contributed by atoms with E-state index in [1.165, 1.54) is 51.4 Å². The van der Waals surface area contributed by atoms with Crippen LogP contribution in [0, 0.1) is 0 Å². The molecule has 19 heavy (non-hydrogen) atoms. The van der Waals surface area contributed by atoms with Gasteiger partial charge in [0.05, 0.1) is 6.54 Å². The molecule has 3 nitrogen and oxygen atoms in total. The van der Waals surface area contributed by atoms with E-state index in [9.17, 15) is 4.79 Å². The van der Waals surface area contributed by atoms with Gasteiger partial charge in [0.2, 0.25) is 5.91 Å². The van der Waals surface area contributed by atoms with Gasteiger partial charge in [0, 0.05) is 6.54 Å². The number of carbonyl (C=O) groups is 1. The van der Waals surface area contributed by atoms with E-state index in [1.54, 1.807) is 0 Å². The van der Waals surface area contributed by atoms with Crippen molar-refractivity contribution < 1.29 is 4.79 Å². The molecule has 1 amide bonds. The second-order valence-corrected chi connectivity index (χ2v) is 5.36. The Morgan fingerprint density at radius 2 is 1.32 bits per heavy atom. The van der Waals surface area contributed by atoms with Crippen molar-refractivity contribution in [2.45, 2.75) is 78.1 Å². The van der Waals surface area contributed by atoms with Crippen LogP contribution in [0.3, 0.4) is 0 Å². The summed E-state index contributed by atoms with van der Waals surface area (Å²) in [5.74, 6) is 0.132. The lowest BCUT2D eigenvalue weighted by atomic mass is 10.1. The van der Waals surface area contributed by atoms with Crippen LogP contribution in [0.4, 0.5) is 0 Å². The number of nitrogens with one attached hydrogen (secondary N) is 2. The van der Waals surface area contributed by atoms with Crippen molar-refractivity contribution in [1.29, 1.82) is 0 Å². The molecule has 0 aliphatic carbocycles. The predicted octanol–water partition coefficient (Wildman–Crippen LogP) is 3.63. The van der Waals surface area contributed by atoms with E-state index in [0.717, 1.165) is 25.9 Å². The molecule has 0 radical (unpaired) electrons. The molecule has 0 saturated heterocycles. The fraction of sp³-hybridized carbons (Fsp3) is 0.938. The summed E-state index contributed by atoms with van der Waals surface area (Å²) in [6, 6.07) is 0. The lowest BCUT2D eigenvalue weighted by molar-refractivity contribution is -0.120. The number of hydrogen-bond donors (Lipinski definition) is 2. The van der Waals surface area contributed by atoms with Gasteiger partial charge in [-0.2, -0.15) is 0 Å². The van der Waals surface area contributed by atoms with Gasteiger partial charge < -0.3 is 10.6 Å². The van der Waals surface area contributed by atoms with E-state index >= 15 is 0 Å². The molecule has 3 heteroatoms. The Balaban J connectivity index is 3.07. The Kier molecular flexibility index (Phi) is 15.0. The standard InChI is InChI=1S/C16H34N2O/c1-3-5-7-8-9-10-11-12-13-17-15-16(19)18-14-6-4-2/h17H,3-15H2,1-2H3,(H,18,19). The number of carbonyl (C=O) groups excluding carboxylic acids is 1. The van der Waals surface area contributed by atoms with Crippen molar-refractivity contribution >= 4 is 5.91 Å². The lowest BCUT2D eigenvalue weighted by Crippen LogP contribution is -2.34. The molecule has 0 saturated carbocycles. The lowest BCUT2D eigenvalue weighted by Gasteiger charge is -2.06. The molecule has 0 spiro atoms. The third-order valence-electron chi connectivity index (χ3n) is 3.35. The molecule has 0 aliphatic rings. The van der Waals surface area contributed by atoms with Crippen LogP contribution in [0.15, 0.2) is 0 Å². The highest BCUT2D eigenvalue weighted by Gasteiger charge is 1.98. The van der Waals surface area contributed by atoms with Crippen LogP contribution in [-0.4, -0.2) is 25.5 Å². The highest BCUT2D eigenvalue weighted by molar-refractivity contribution is 5.77. The Bertz CT molecular complexity index is 195. The van der Waals surface area contributed by atoms with Crippen molar-refractivity contribution in [2.24, 2.45) is 0 Å². The van der Waals surface area contributed by atoms with E-state index in [-0.39, 0.29) is 5.91 Å². The summed E-state index contributed by atoms with van der Waals surface area (Å²) in [4.78, 5) is 11.4. The normalized spacial score (nSPS) is 10.6. The first-order valence-corrected chi connectivity index (χ1v) is 8.28. The van der Waals surface area contributed by atoms with Crippen molar-refractivity contribution in [3.63, 3.8) is 0 Å². The van der Waals surface area contributed by atoms with Crippen LogP contribution in [0.25, 0.3) is 0 Å². The summed E-state index contributed by atoms with van der Waals surface area (Å²) in [5, 5.41) is 6.12. The molecule has 0 aliphatic heterocycles. The average molecular weight is 270 g/mol. The Labute approximate surface area is 119 Å². The zero-order valence-electron chi connectivity index (χ0n) is 13.1. The minimum Gasteiger partial charge on any atom is -0.355 e. The van der Waals surface area contributed by atoms with E-state index in [1.807, 2.05) is 0 Å². The first kappa shape index (κ1) is 18.4. The van der Waals surface area contributed by atoms with E-state index < -0.39 is 0 Å². The first-order valence-electron chi connectivity index (χ1n) is 8.28. The number of rotatable bonds is 14. The summed E-state index contributed by atoms with van der Waals surface area (Å²) >= 11 is 0. The minimum absolute atomic E-state index is 0.132. The quantitative estimate of drug-likeness (QED) is 0.473. The Morgan fingerprint density at radius 3 is 1.95 bits per heavy atom. The second kappa shape index (κ2) is 15.5. The third-order valence-corrected chi connectivity index (χ3v) is 3.35. The van der Waals surface area contributed by atoms with Gasteiger partial charge >= 0.3 is 0 Å². The predicted molar refractivity (Wildman–Crippen MR) is 83.4 cm³/mol. The molecule has 0 heterocycles. The van der Waals surface area contributed by atoms with Crippen molar-refractivity contribution in [3.8, 4) is 0 Å². The van der Waals surface area contributed by atoms with Gasteiger partial charge in [-0.3, -0.25) is 4.79 Å². The van der Waals surface area contributed by atoms with Crippen LogP contribution >= 0.6 is 0 Å². The topological polar surface area (TPSA) is 41.1 Å². The van der Waals surface area contributed by atoms with Crippen LogP contribution in [0.5, 0.6) is 0 Å². The highest BCUT2D eigenvalue weighted by Crippen LogP contribution is 2.07. The SMILES string of the molecule is CCCCCCCCCCNCC(=O)NCCCC. The second-order valence-electron chi connectivity index (χ2n) is 5.36. The van der Waals surface area contributed by atoms with Crippen molar-refractivity contribution in [3.05, 3.63) is 0 Å².